The minimum Gasteiger partial charge on any atom is -0.339 e. The van der Waals surface area contributed by atoms with Gasteiger partial charge in [0.25, 0.3) is 0 Å². The predicted molar refractivity (Wildman–Crippen MR) is 63.9 cm³/mol. The van der Waals surface area contributed by atoms with Crippen molar-refractivity contribution in [2.75, 3.05) is 13.1 Å². The molecule has 0 bridgehead atoms. The number of nitrogens with two attached hydrogens (primary N) is 1. The Bertz CT molecular complexity index is 427. The zero-order valence-electron chi connectivity index (χ0n) is 9.95. The highest BCUT2D eigenvalue weighted by Crippen LogP contribution is 2.22. The van der Waals surface area contributed by atoms with Gasteiger partial charge in [-0.3, -0.25) is 4.79 Å². The van der Waals surface area contributed by atoms with Crippen LogP contribution in [0.3, 0.4) is 0 Å². The summed E-state index contributed by atoms with van der Waals surface area (Å²) >= 11 is 0. The molecule has 1 aromatic carbocycles. The first-order valence-corrected chi connectivity index (χ1v) is 5.84. The molecule has 17 heavy (non-hydrogen) atoms. The molecule has 2 rings (SSSR count). The first-order chi connectivity index (χ1) is 8.04. The molecule has 0 aromatic heterocycles. The Balaban J connectivity index is 1.94. The van der Waals surface area contributed by atoms with E-state index in [1.165, 1.54) is 6.07 Å². The lowest BCUT2D eigenvalue weighted by Gasteiger charge is -2.47. The number of rotatable bonds is 3. The Morgan fingerprint density at radius 2 is 2.12 bits per heavy atom. The quantitative estimate of drug-likeness (QED) is 0.860. The molecular weight excluding hydrogens is 219 g/mol. The van der Waals surface area contributed by atoms with Crippen molar-refractivity contribution >= 4 is 5.91 Å². The SMILES string of the molecule is CCC1(N)CN(C(=O)Cc2ccccc2F)C1. The highest BCUT2D eigenvalue weighted by atomic mass is 19.1. The molecule has 0 aliphatic carbocycles. The van der Waals surface area contributed by atoms with E-state index in [0.29, 0.717) is 18.7 Å². The minimum atomic E-state index is -0.323. The van der Waals surface area contributed by atoms with Crippen LogP contribution in [0.1, 0.15) is 18.9 Å². The van der Waals surface area contributed by atoms with Gasteiger partial charge in [-0.25, -0.2) is 4.39 Å². The van der Waals surface area contributed by atoms with Gasteiger partial charge in [0.15, 0.2) is 0 Å². The van der Waals surface area contributed by atoms with Crippen molar-refractivity contribution in [3.05, 3.63) is 35.6 Å². The van der Waals surface area contributed by atoms with Gasteiger partial charge in [0.2, 0.25) is 5.91 Å². The summed E-state index contributed by atoms with van der Waals surface area (Å²) in [6, 6.07) is 6.37. The van der Waals surface area contributed by atoms with E-state index in [9.17, 15) is 9.18 Å². The molecule has 0 saturated carbocycles. The van der Waals surface area contributed by atoms with E-state index in [1.54, 1.807) is 23.1 Å². The summed E-state index contributed by atoms with van der Waals surface area (Å²) < 4.78 is 13.4. The highest BCUT2D eigenvalue weighted by Gasteiger charge is 2.40. The predicted octanol–water partition coefficient (Wildman–Crippen LogP) is 1.32. The summed E-state index contributed by atoms with van der Waals surface area (Å²) in [5, 5.41) is 0. The molecule has 2 N–H and O–H groups in total. The van der Waals surface area contributed by atoms with Gasteiger partial charge in [0, 0.05) is 13.1 Å². The second-order valence-corrected chi connectivity index (χ2v) is 4.73. The molecule has 1 heterocycles. The minimum absolute atomic E-state index is 0.0513. The van der Waals surface area contributed by atoms with Gasteiger partial charge in [-0.1, -0.05) is 25.1 Å². The number of carbonyl (C=O) groups is 1. The summed E-state index contributed by atoms with van der Waals surface area (Å²) in [6.07, 6.45) is 0.975. The summed E-state index contributed by atoms with van der Waals surface area (Å²) in [4.78, 5) is 13.5. The Kier molecular flexibility index (Phi) is 3.15. The van der Waals surface area contributed by atoms with Crippen LogP contribution in [0.15, 0.2) is 24.3 Å². The van der Waals surface area contributed by atoms with Crippen LogP contribution in [0.2, 0.25) is 0 Å². The van der Waals surface area contributed by atoms with E-state index in [-0.39, 0.29) is 23.7 Å². The van der Waals surface area contributed by atoms with Gasteiger partial charge in [-0.2, -0.15) is 0 Å². The fourth-order valence-corrected chi connectivity index (χ4v) is 2.03. The molecular formula is C13H17FN2O. The summed E-state index contributed by atoms with van der Waals surface area (Å²) in [6.45, 7) is 3.17. The standard InChI is InChI=1S/C13H17FN2O/c1-2-13(15)8-16(9-13)12(17)7-10-5-3-4-6-11(10)14/h3-6H,2,7-9,15H2,1H3. The maximum absolute atomic E-state index is 13.4. The molecule has 0 atom stereocenters. The van der Waals surface area contributed by atoms with Crippen molar-refractivity contribution in [3.8, 4) is 0 Å². The lowest BCUT2D eigenvalue weighted by atomic mass is 9.88. The number of hydrogen-bond donors (Lipinski definition) is 1. The molecule has 0 spiro atoms. The average Bonchev–Trinajstić information content (AvgIpc) is 2.28. The molecule has 1 saturated heterocycles. The Morgan fingerprint density at radius 3 is 2.71 bits per heavy atom. The molecule has 3 nitrogen and oxygen atoms in total. The maximum Gasteiger partial charge on any atom is 0.227 e. The zero-order chi connectivity index (χ0) is 12.5. The fourth-order valence-electron chi connectivity index (χ4n) is 2.03. The van der Waals surface area contributed by atoms with E-state index in [1.807, 2.05) is 6.92 Å². The van der Waals surface area contributed by atoms with Gasteiger partial charge >= 0.3 is 0 Å². The fraction of sp³-hybridized carbons (Fsp3) is 0.462. The van der Waals surface area contributed by atoms with Gasteiger partial charge in [-0.15, -0.1) is 0 Å². The third kappa shape index (κ3) is 2.47. The molecule has 0 unspecified atom stereocenters. The van der Waals surface area contributed by atoms with Gasteiger partial charge in [0.1, 0.15) is 5.82 Å². The number of likely N-dealkylation sites (tertiary alicyclic amines) is 1. The highest BCUT2D eigenvalue weighted by molar-refractivity contribution is 5.80. The number of benzene rings is 1. The Labute approximate surface area is 100 Å². The van der Waals surface area contributed by atoms with Crippen molar-refractivity contribution in [2.24, 2.45) is 5.73 Å². The number of carbonyl (C=O) groups excluding carboxylic acids is 1. The second kappa shape index (κ2) is 4.45. The maximum atomic E-state index is 13.4. The van der Waals surface area contributed by atoms with Crippen molar-refractivity contribution in [1.82, 2.24) is 4.90 Å². The van der Waals surface area contributed by atoms with E-state index in [2.05, 4.69) is 0 Å². The van der Waals surface area contributed by atoms with Crippen LogP contribution in [0.4, 0.5) is 4.39 Å². The largest absolute Gasteiger partial charge is 0.339 e. The molecule has 1 aliphatic rings. The smallest absolute Gasteiger partial charge is 0.227 e. The van der Waals surface area contributed by atoms with E-state index < -0.39 is 0 Å². The molecule has 0 radical (unpaired) electrons. The van der Waals surface area contributed by atoms with Crippen molar-refractivity contribution in [1.29, 1.82) is 0 Å². The number of nitrogens with zero attached hydrogens (tertiary/aromatic N) is 1. The van der Waals surface area contributed by atoms with Gasteiger partial charge in [0.05, 0.1) is 12.0 Å². The topological polar surface area (TPSA) is 46.3 Å². The molecule has 4 heteroatoms. The molecule has 92 valence electrons. The monoisotopic (exact) mass is 236 g/mol. The first-order valence-electron chi connectivity index (χ1n) is 5.84. The van der Waals surface area contributed by atoms with Crippen LogP contribution in [-0.2, 0) is 11.2 Å². The van der Waals surface area contributed by atoms with Crippen LogP contribution in [0, 0.1) is 5.82 Å². The van der Waals surface area contributed by atoms with E-state index >= 15 is 0 Å². The zero-order valence-corrected chi connectivity index (χ0v) is 9.95. The van der Waals surface area contributed by atoms with Crippen LogP contribution in [0.5, 0.6) is 0 Å². The number of hydrogen-bond acceptors (Lipinski definition) is 2. The normalized spacial score (nSPS) is 17.7. The Hall–Kier alpha value is -1.42. The molecule has 1 amide bonds. The summed E-state index contributed by atoms with van der Waals surface area (Å²) in [5.41, 5.74) is 6.20. The lowest BCUT2D eigenvalue weighted by Crippen LogP contribution is -2.68. The third-order valence-corrected chi connectivity index (χ3v) is 3.37. The van der Waals surface area contributed by atoms with Crippen molar-refractivity contribution < 1.29 is 9.18 Å². The first kappa shape index (κ1) is 12.0. The summed E-state index contributed by atoms with van der Waals surface area (Å²) in [5.74, 6) is -0.375. The number of halogens is 1. The molecule has 1 fully saturated rings. The van der Waals surface area contributed by atoms with E-state index in [4.69, 9.17) is 5.73 Å². The van der Waals surface area contributed by atoms with E-state index in [0.717, 1.165) is 6.42 Å². The molecule has 1 aromatic rings. The van der Waals surface area contributed by atoms with Crippen molar-refractivity contribution in [2.45, 2.75) is 25.3 Å². The van der Waals surface area contributed by atoms with Crippen molar-refractivity contribution in [3.63, 3.8) is 0 Å². The summed E-state index contributed by atoms with van der Waals surface area (Å²) in [7, 11) is 0. The van der Waals surface area contributed by atoms with Gasteiger partial charge < -0.3 is 10.6 Å². The lowest BCUT2D eigenvalue weighted by molar-refractivity contribution is -0.138. The van der Waals surface area contributed by atoms with Crippen LogP contribution >= 0.6 is 0 Å². The number of amides is 1. The van der Waals surface area contributed by atoms with Crippen LogP contribution in [0.25, 0.3) is 0 Å². The third-order valence-electron chi connectivity index (χ3n) is 3.37. The second-order valence-electron chi connectivity index (χ2n) is 4.73. The van der Waals surface area contributed by atoms with Gasteiger partial charge in [-0.05, 0) is 18.1 Å². The van der Waals surface area contributed by atoms with Crippen LogP contribution < -0.4 is 5.73 Å². The average molecular weight is 236 g/mol. The van der Waals surface area contributed by atoms with Crippen LogP contribution in [-0.4, -0.2) is 29.4 Å². The Morgan fingerprint density at radius 1 is 1.47 bits per heavy atom. The molecule has 1 aliphatic heterocycles.